The Morgan fingerprint density at radius 1 is 1.11 bits per heavy atom. The molecule has 0 atom stereocenters. The van der Waals surface area contributed by atoms with Gasteiger partial charge in [0.05, 0.1) is 16.3 Å². The lowest BCUT2D eigenvalue weighted by molar-refractivity contribution is 0.568. The zero-order valence-electron chi connectivity index (χ0n) is 11.0. The van der Waals surface area contributed by atoms with Crippen molar-refractivity contribution in [1.29, 1.82) is 0 Å². The Morgan fingerprint density at radius 3 is 2.37 bits per heavy atom. The van der Waals surface area contributed by atoms with Gasteiger partial charge in [-0.05, 0) is 18.2 Å². The third kappa shape index (κ3) is 2.92. The molecular weight excluding hydrogens is 268 g/mol. The first kappa shape index (κ1) is 13.9. The number of halogens is 3. The number of hydrogen-bond donors (Lipinski definition) is 0. The summed E-state index contributed by atoms with van der Waals surface area (Å²) in [6, 6.07) is 7.23. The van der Waals surface area contributed by atoms with Crippen LogP contribution in [0.4, 0.5) is 8.78 Å². The fourth-order valence-corrected chi connectivity index (χ4v) is 2.07. The summed E-state index contributed by atoms with van der Waals surface area (Å²) in [4.78, 5) is 4.42. The van der Waals surface area contributed by atoms with Gasteiger partial charge < -0.3 is 0 Å². The van der Waals surface area contributed by atoms with Crippen LogP contribution in [0.1, 0.15) is 26.5 Å². The molecule has 4 heteroatoms. The Balaban J connectivity index is 2.60. The van der Waals surface area contributed by atoms with E-state index < -0.39 is 11.6 Å². The third-order valence-corrected chi connectivity index (χ3v) is 3.08. The highest BCUT2D eigenvalue weighted by Crippen LogP contribution is 2.31. The number of pyridine rings is 1. The zero-order chi connectivity index (χ0) is 14.2. The van der Waals surface area contributed by atoms with Crippen molar-refractivity contribution < 1.29 is 8.78 Å². The molecule has 0 saturated carbocycles. The molecule has 1 nitrogen and oxygen atoms in total. The minimum atomic E-state index is -0.705. The van der Waals surface area contributed by atoms with Crippen molar-refractivity contribution in [2.75, 3.05) is 0 Å². The largest absolute Gasteiger partial charge is 0.252 e. The van der Waals surface area contributed by atoms with Gasteiger partial charge in [-0.25, -0.2) is 8.78 Å². The van der Waals surface area contributed by atoms with Gasteiger partial charge >= 0.3 is 0 Å². The van der Waals surface area contributed by atoms with E-state index in [-0.39, 0.29) is 16.0 Å². The zero-order valence-corrected chi connectivity index (χ0v) is 11.7. The molecule has 0 saturated heterocycles. The van der Waals surface area contributed by atoms with Crippen LogP contribution in [0.15, 0.2) is 30.3 Å². The van der Waals surface area contributed by atoms with Crippen molar-refractivity contribution in [3.63, 3.8) is 0 Å². The Labute approximate surface area is 116 Å². The van der Waals surface area contributed by atoms with E-state index in [4.69, 9.17) is 11.6 Å². The molecule has 0 radical (unpaired) electrons. The van der Waals surface area contributed by atoms with Crippen molar-refractivity contribution in [3.05, 3.63) is 52.7 Å². The van der Waals surface area contributed by atoms with Crippen LogP contribution < -0.4 is 0 Å². The van der Waals surface area contributed by atoms with E-state index in [0.29, 0.717) is 5.69 Å². The minimum absolute atomic E-state index is 0.0241. The fourth-order valence-electron chi connectivity index (χ4n) is 1.78. The molecule has 0 fully saturated rings. The molecule has 100 valence electrons. The Bertz CT molecular complexity index is 595. The topological polar surface area (TPSA) is 12.9 Å². The number of rotatable bonds is 1. The molecular formula is C15H14ClF2N. The van der Waals surface area contributed by atoms with Gasteiger partial charge in [-0.2, -0.15) is 0 Å². The number of nitrogens with zero attached hydrogens (tertiary/aromatic N) is 1. The molecule has 2 aromatic rings. The fraction of sp³-hybridized carbons (Fsp3) is 0.267. The van der Waals surface area contributed by atoms with Crippen LogP contribution in [0.25, 0.3) is 11.3 Å². The Morgan fingerprint density at radius 2 is 1.79 bits per heavy atom. The molecule has 0 N–H and O–H groups in total. The molecule has 0 spiro atoms. The van der Waals surface area contributed by atoms with E-state index in [1.165, 1.54) is 0 Å². The van der Waals surface area contributed by atoms with Gasteiger partial charge in [0.25, 0.3) is 0 Å². The number of benzene rings is 1. The minimum Gasteiger partial charge on any atom is -0.252 e. The lowest BCUT2D eigenvalue weighted by Gasteiger charge is -2.18. The molecule has 0 bridgehead atoms. The predicted octanol–water partition coefficient (Wildman–Crippen LogP) is 4.98. The number of aromatic nitrogens is 1. The van der Waals surface area contributed by atoms with Crippen molar-refractivity contribution in [2.24, 2.45) is 0 Å². The van der Waals surface area contributed by atoms with Gasteiger partial charge in [0, 0.05) is 17.2 Å². The van der Waals surface area contributed by atoms with Gasteiger partial charge in [0.2, 0.25) is 0 Å². The maximum atomic E-state index is 13.9. The molecule has 0 aliphatic rings. The first-order chi connectivity index (χ1) is 8.79. The summed E-state index contributed by atoms with van der Waals surface area (Å²) < 4.78 is 26.9. The first-order valence-electron chi connectivity index (χ1n) is 5.91. The van der Waals surface area contributed by atoms with Gasteiger partial charge in [-0.15, -0.1) is 0 Å². The van der Waals surface area contributed by atoms with E-state index in [1.54, 1.807) is 12.1 Å². The monoisotopic (exact) mass is 281 g/mol. The van der Waals surface area contributed by atoms with E-state index >= 15 is 0 Å². The third-order valence-electron chi connectivity index (χ3n) is 2.78. The van der Waals surface area contributed by atoms with Crippen LogP contribution in [0.5, 0.6) is 0 Å². The lowest BCUT2D eigenvalue weighted by atomic mass is 9.91. The van der Waals surface area contributed by atoms with Crippen LogP contribution in [0.2, 0.25) is 5.02 Å². The van der Waals surface area contributed by atoms with Crippen LogP contribution in [0, 0.1) is 11.6 Å². The summed E-state index contributed by atoms with van der Waals surface area (Å²) >= 11 is 5.92. The summed E-state index contributed by atoms with van der Waals surface area (Å²) in [7, 11) is 0. The summed E-state index contributed by atoms with van der Waals surface area (Å²) in [5.41, 5.74) is 1.22. The molecule has 1 aromatic carbocycles. The SMILES string of the molecule is CC(C)(C)c1cccc(-c2c(F)cc(F)cc2Cl)n1. The summed E-state index contributed by atoms with van der Waals surface area (Å²) in [5.74, 6) is -1.40. The Kier molecular flexibility index (Phi) is 3.59. The molecule has 0 aliphatic heterocycles. The normalized spacial score (nSPS) is 11.7. The van der Waals surface area contributed by atoms with Crippen molar-refractivity contribution in [3.8, 4) is 11.3 Å². The highest BCUT2D eigenvalue weighted by molar-refractivity contribution is 6.33. The standard InChI is InChI=1S/C15H14ClF2N/c1-15(2,3)13-6-4-5-12(19-13)14-10(16)7-9(17)8-11(14)18/h4-8H,1-3H3. The highest BCUT2D eigenvalue weighted by Gasteiger charge is 2.18. The molecule has 0 aliphatic carbocycles. The van der Waals surface area contributed by atoms with Crippen LogP contribution in [0.3, 0.4) is 0 Å². The van der Waals surface area contributed by atoms with E-state index in [0.717, 1.165) is 17.8 Å². The molecule has 0 amide bonds. The Hall–Kier alpha value is -1.48. The molecule has 1 aromatic heterocycles. The van der Waals surface area contributed by atoms with Crippen LogP contribution in [-0.4, -0.2) is 4.98 Å². The van der Waals surface area contributed by atoms with Crippen molar-refractivity contribution in [1.82, 2.24) is 4.98 Å². The van der Waals surface area contributed by atoms with E-state index in [1.807, 2.05) is 26.8 Å². The maximum Gasteiger partial charge on any atom is 0.137 e. The van der Waals surface area contributed by atoms with Gasteiger partial charge in [0.15, 0.2) is 0 Å². The molecule has 19 heavy (non-hydrogen) atoms. The average Bonchev–Trinajstić information content (AvgIpc) is 2.26. The summed E-state index contributed by atoms with van der Waals surface area (Å²) in [5, 5.41) is 0.0241. The van der Waals surface area contributed by atoms with E-state index in [2.05, 4.69) is 4.98 Å². The average molecular weight is 282 g/mol. The quantitative estimate of drug-likeness (QED) is 0.718. The second-order valence-electron chi connectivity index (χ2n) is 5.40. The second kappa shape index (κ2) is 4.89. The van der Waals surface area contributed by atoms with Gasteiger partial charge in [0.1, 0.15) is 11.6 Å². The predicted molar refractivity (Wildman–Crippen MR) is 73.3 cm³/mol. The lowest BCUT2D eigenvalue weighted by Crippen LogP contribution is -2.13. The summed E-state index contributed by atoms with van der Waals surface area (Å²) in [6.45, 7) is 6.05. The molecule has 0 unspecified atom stereocenters. The smallest absolute Gasteiger partial charge is 0.137 e. The second-order valence-corrected chi connectivity index (χ2v) is 5.81. The van der Waals surface area contributed by atoms with Crippen LogP contribution in [-0.2, 0) is 5.41 Å². The van der Waals surface area contributed by atoms with Gasteiger partial charge in [-0.3, -0.25) is 4.98 Å². The first-order valence-corrected chi connectivity index (χ1v) is 6.29. The van der Waals surface area contributed by atoms with Crippen molar-refractivity contribution in [2.45, 2.75) is 26.2 Å². The highest BCUT2D eigenvalue weighted by atomic mass is 35.5. The summed E-state index contributed by atoms with van der Waals surface area (Å²) in [6.07, 6.45) is 0. The van der Waals surface area contributed by atoms with E-state index in [9.17, 15) is 8.78 Å². The molecule has 1 heterocycles. The molecule has 2 rings (SSSR count). The van der Waals surface area contributed by atoms with Crippen LogP contribution >= 0.6 is 11.6 Å². The maximum absolute atomic E-state index is 13.9. The van der Waals surface area contributed by atoms with Crippen molar-refractivity contribution >= 4 is 11.6 Å². The van der Waals surface area contributed by atoms with Gasteiger partial charge in [-0.1, -0.05) is 38.4 Å². The number of hydrogen-bond acceptors (Lipinski definition) is 1.